The van der Waals surface area contributed by atoms with E-state index in [4.69, 9.17) is 0 Å². The molecule has 0 saturated carbocycles. The summed E-state index contributed by atoms with van der Waals surface area (Å²) in [6.07, 6.45) is -1.08. The zero-order chi connectivity index (χ0) is 17.3. The molecule has 1 fully saturated rings. The number of quaternary nitrogens is 1. The summed E-state index contributed by atoms with van der Waals surface area (Å²) < 4.78 is -0.136. The molecule has 1 aromatic carbocycles. The lowest BCUT2D eigenvalue weighted by molar-refractivity contribution is -0.925. The Balaban J connectivity index is 2.12. The smallest absolute Gasteiger partial charge is 0.322 e. The third-order valence-electron chi connectivity index (χ3n) is 4.75. The van der Waals surface area contributed by atoms with E-state index in [9.17, 15) is 14.7 Å². The zero-order valence-electron chi connectivity index (χ0n) is 14.2. The molecule has 0 aliphatic carbocycles. The standard InChI is InChI=1S/C17H25N3O3/c1-13-12-20(16(22)23,17(2,3)4)11-10-19(13)15(21)18-14-8-6-5-7-9-14/h5-9,13H,10-12H2,1-4H3,(H-,18,21,22,23)/t13-,20?/m0/s1. The van der Waals surface area contributed by atoms with Crippen molar-refractivity contribution < 1.29 is 19.2 Å². The van der Waals surface area contributed by atoms with Gasteiger partial charge in [-0.1, -0.05) is 18.2 Å². The Morgan fingerprint density at radius 2 is 1.87 bits per heavy atom. The number of amides is 3. The molecule has 1 aliphatic heterocycles. The topological polar surface area (TPSA) is 72.5 Å². The number of carbonyl (C=O) groups is 2. The Bertz CT molecular complexity index is 582. The largest absolute Gasteiger partial charge is 0.498 e. The second-order valence-corrected chi connectivity index (χ2v) is 7.15. The van der Waals surface area contributed by atoms with Gasteiger partial charge in [-0.05, 0) is 39.8 Å². The number of urea groups is 1. The van der Waals surface area contributed by atoms with Gasteiger partial charge in [-0.15, -0.1) is 0 Å². The van der Waals surface area contributed by atoms with Crippen molar-refractivity contribution in [2.45, 2.75) is 39.3 Å². The number of anilines is 1. The first-order chi connectivity index (χ1) is 10.7. The molecule has 0 bridgehead atoms. The van der Waals surface area contributed by atoms with Crippen LogP contribution in [0.4, 0.5) is 15.3 Å². The van der Waals surface area contributed by atoms with Crippen LogP contribution in [0.1, 0.15) is 27.7 Å². The van der Waals surface area contributed by atoms with Gasteiger partial charge >= 0.3 is 6.03 Å². The number of carbonyl (C=O) groups excluding carboxylic acids is 2. The van der Waals surface area contributed by atoms with Gasteiger partial charge in [0.15, 0.2) is 0 Å². The van der Waals surface area contributed by atoms with Gasteiger partial charge in [0.2, 0.25) is 0 Å². The van der Waals surface area contributed by atoms with Crippen molar-refractivity contribution >= 4 is 17.8 Å². The van der Waals surface area contributed by atoms with Crippen molar-refractivity contribution in [2.24, 2.45) is 0 Å². The normalized spacial score (nSPS) is 25.0. The highest BCUT2D eigenvalue weighted by molar-refractivity contribution is 5.89. The summed E-state index contributed by atoms with van der Waals surface area (Å²) >= 11 is 0. The fourth-order valence-electron chi connectivity index (χ4n) is 3.21. The van der Waals surface area contributed by atoms with Crippen LogP contribution >= 0.6 is 0 Å². The molecule has 1 saturated heterocycles. The van der Waals surface area contributed by atoms with Crippen molar-refractivity contribution in [1.82, 2.24) is 4.90 Å². The van der Waals surface area contributed by atoms with Gasteiger partial charge < -0.3 is 20.1 Å². The van der Waals surface area contributed by atoms with E-state index >= 15 is 0 Å². The van der Waals surface area contributed by atoms with Crippen molar-refractivity contribution in [3.8, 4) is 0 Å². The molecular formula is C17H25N3O3. The van der Waals surface area contributed by atoms with E-state index in [1.165, 1.54) is 0 Å². The van der Waals surface area contributed by atoms with Crippen LogP contribution in [-0.2, 0) is 0 Å². The van der Waals surface area contributed by atoms with Crippen LogP contribution < -0.4 is 10.4 Å². The van der Waals surface area contributed by atoms with Crippen molar-refractivity contribution in [3.63, 3.8) is 0 Å². The Labute approximate surface area is 137 Å². The highest BCUT2D eigenvalue weighted by atomic mass is 16.4. The second-order valence-electron chi connectivity index (χ2n) is 7.15. The average Bonchev–Trinajstić information content (AvgIpc) is 2.46. The molecule has 3 amide bonds. The molecule has 23 heavy (non-hydrogen) atoms. The number of benzene rings is 1. The summed E-state index contributed by atoms with van der Waals surface area (Å²) in [5, 5.41) is 14.6. The lowest BCUT2D eigenvalue weighted by atomic mass is 9.98. The number of carboxylic acid groups (broad SMARTS) is 1. The van der Waals surface area contributed by atoms with Crippen molar-refractivity contribution in [2.75, 3.05) is 25.0 Å². The summed E-state index contributed by atoms with van der Waals surface area (Å²) in [4.78, 5) is 25.9. The summed E-state index contributed by atoms with van der Waals surface area (Å²) in [7, 11) is 0. The molecule has 6 nitrogen and oxygen atoms in total. The molecule has 0 spiro atoms. The van der Waals surface area contributed by atoms with Gasteiger partial charge in [-0.2, -0.15) is 0 Å². The molecule has 1 heterocycles. The van der Waals surface area contributed by atoms with Crippen molar-refractivity contribution in [3.05, 3.63) is 30.3 Å². The van der Waals surface area contributed by atoms with Gasteiger partial charge in [0, 0.05) is 5.69 Å². The van der Waals surface area contributed by atoms with E-state index in [0.717, 1.165) is 5.69 Å². The first kappa shape index (κ1) is 17.3. The predicted molar refractivity (Wildman–Crippen MR) is 86.8 cm³/mol. The Morgan fingerprint density at radius 3 is 2.35 bits per heavy atom. The van der Waals surface area contributed by atoms with Crippen LogP contribution in [0.3, 0.4) is 0 Å². The van der Waals surface area contributed by atoms with Gasteiger partial charge in [-0.3, -0.25) is 4.48 Å². The van der Waals surface area contributed by atoms with Gasteiger partial charge in [-0.25, -0.2) is 4.79 Å². The van der Waals surface area contributed by atoms with Crippen LogP contribution in [0.2, 0.25) is 0 Å². The zero-order valence-corrected chi connectivity index (χ0v) is 14.2. The lowest BCUT2D eigenvalue weighted by Gasteiger charge is -2.53. The minimum Gasteiger partial charge on any atom is -0.498 e. The highest BCUT2D eigenvalue weighted by Crippen LogP contribution is 2.29. The molecule has 0 radical (unpaired) electrons. The number of hydrogen-bond donors (Lipinski definition) is 1. The molecule has 1 N–H and O–H groups in total. The Hall–Kier alpha value is -2.08. The first-order valence-electron chi connectivity index (χ1n) is 7.89. The molecule has 1 unspecified atom stereocenters. The van der Waals surface area contributed by atoms with E-state index in [-0.39, 0.29) is 16.6 Å². The SMILES string of the molecule is C[C@H]1C[N+](C(=O)[O-])(C(C)(C)C)CCN1C(=O)Nc1ccccc1. The molecule has 6 heteroatoms. The predicted octanol–water partition coefficient (Wildman–Crippen LogP) is 1.88. The summed E-state index contributed by atoms with van der Waals surface area (Å²) in [6.45, 7) is 8.64. The summed E-state index contributed by atoms with van der Waals surface area (Å²) in [5.41, 5.74) is 0.251. The maximum atomic E-state index is 12.5. The Morgan fingerprint density at radius 1 is 1.26 bits per heavy atom. The average molecular weight is 319 g/mol. The summed E-state index contributed by atoms with van der Waals surface area (Å²) in [5.74, 6) is 0. The van der Waals surface area contributed by atoms with Crippen LogP contribution in [0, 0.1) is 0 Å². The number of piperazine rings is 1. The van der Waals surface area contributed by atoms with Crippen LogP contribution in [0.15, 0.2) is 30.3 Å². The first-order valence-corrected chi connectivity index (χ1v) is 7.89. The molecule has 126 valence electrons. The second kappa shape index (κ2) is 6.20. The van der Waals surface area contributed by atoms with Gasteiger partial charge in [0.25, 0.3) is 6.09 Å². The molecular weight excluding hydrogens is 294 g/mol. The highest BCUT2D eigenvalue weighted by Gasteiger charge is 2.48. The molecule has 1 aromatic rings. The number of para-hydroxylation sites is 1. The lowest BCUT2D eigenvalue weighted by Crippen LogP contribution is -2.75. The third-order valence-corrected chi connectivity index (χ3v) is 4.75. The third kappa shape index (κ3) is 3.32. The van der Waals surface area contributed by atoms with Crippen molar-refractivity contribution in [1.29, 1.82) is 0 Å². The van der Waals surface area contributed by atoms with E-state index < -0.39 is 11.6 Å². The number of rotatable bonds is 1. The maximum Gasteiger partial charge on any atom is 0.322 e. The monoisotopic (exact) mass is 319 g/mol. The molecule has 0 aromatic heterocycles. The number of hydrogen-bond acceptors (Lipinski definition) is 3. The summed E-state index contributed by atoms with van der Waals surface area (Å²) in [6, 6.07) is 8.85. The fourth-order valence-corrected chi connectivity index (χ4v) is 3.21. The van der Waals surface area contributed by atoms with Crippen LogP contribution in [0.5, 0.6) is 0 Å². The number of nitrogens with zero attached hydrogens (tertiary/aromatic N) is 2. The fraction of sp³-hybridized carbons (Fsp3) is 0.529. The molecule has 2 atom stereocenters. The van der Waals surface area contributed by atoms with Gasteiger partial charge in [0.05, 0.1) is 18.1 Å². The van der Waals surface area contributed by atoms with Crippen LogP contribution in [-0.4, -0.2) is 52.7 Å². The van der Waals surface area contributed by atoms with E-state index in [1.54, 1.807) is 4.90 Å². The van der Waals surface area contributed by atoms with Crippen LogP contribution in [0.25, 0.3) is 0 Å². The number of nitrogens with one attached hydrogen (secondary N) is 1. The molecule has 2 rings (SSSR count). The minimum atomic E-state index is -1.08. The van der Waals surface area contributed by atoms with E-state index in [1.807, 2.05) is 58.0 Å². The van der Waals surface area contributed by atoms with E-state index in [2.05, 4.69) is 5.32 Å². The van der Waals surface area contributed by atoms with E-state index in [0.29, 0.717) is 19.6 Å². The minimum absolute atomic E-state index is 0.136. The Kier molecular flexibility index (Phi) is 4.66. The quantitative estimate of drug-likeness (QED) is 0.803. The van der Waals surface area contributed by atoms with Gasteiger partial charge in [0.1, 0.15) is 13.1 Å². The molecule has 1 aliphatic rings. The maximum absolute atomic E-state index is 12.5.